The Kier molecular flexibility index (Phi) is 3.70. The molecule has 1 saturated carbocycles. The summed E-state index contributed by atoms with van der Waals surface area (Å²) in [6.45, 7) is 1.98. The Morgan fingerprint density at radius 3 is 2.80 bits per heavy atom. The largest absolute Gasteiger partial charge is 0.438 e. The fraction of sp³-hybridized carbons (Fsp3) is 0.250. The van der Waals surface area contributed by atoms with Crippen molar-refractivity contribution in [1.82, 2.24) is 9.97 Å². The smallest absolute Gasteiger partial charge is 0.224 e. The summed E-state index contributed by atoms with van der Waals surface area (Å²) in [6, 6.07) is 9.49. The molecule has 0 atom stereocenters. The maximum Gasteiger partial charge on any atom is 0.224 e. The van der Waals surface area contributed by atoms with Gasteiger partial charge in [0.25, 0.3) is 0 Å². The first-order chi connectivity index (χ1) is 9.76. The summed E-state index contributed by atoms with van der Waals surface area (Å²) in [6.07, 6.45) is 6.24. The monoisotopic (exact) mass is 286 g/mol. The van der Waals surface area contributed by atoms with Crippen LogP contribution in [0.1, 0.15) is 37.1 Å². The lowest BCUT2D eigenvalue weighted by atomic mass is 10.2. The third-order valence-electron chi connectivity index (χ3n) is 3.11. The third kappa shape index (κ3) is 2.99. The Morgan fingerprint density at radius 2 is 2.05 bits per heavy atom. The van der Waals surface area contributed by atoms with Crippen LogP contribution in [0.2, 0.25) is 5.15 Å². The zero-order chi connectivity index (χ0) is 13.9. The number of nitrogens with zero attached hydrogens (tertiary/aromatic N) is 2. The fourth-order valence-electron chi connectivity index (χ4n) is 1.99. The number of rotatable bonds is 4. The fourth-order valence-corrected chi connectivity index (χ4v) is 2.17. The van der Waals surface area contributed by atoms with E-state index in [4.69, 9.17) is 16.3 Å². The summed E-state index contributed by atoms with van der Waals surface area (Å²) in [5, 5.41) is 0.431. The first-order valence-electron chi connectivity index (χ1n) is 6.70. The first kappa shape index (κ1) is 13.1. The maximum absolute atomic E-state index is 6.04. The Labute approximate surface area is 123 Å². The number of hydrogen-bond donors (Lipinski definition) is 0. The van der Waals surface area contributed by atoms with Crippen molar-refractivity contribution in [3.63, 3.8) is 0 Å². The molecule has 1 heterocycles. The zero-order valence-electron chi connectivity index (χ0n) is 11.2. The molecule has 3 nitrogen and oxygen atoms in total. The second-order valence-corrected chi connectivity index (χ2v) is 5.19. The molecule has 0 radical (unpaired) electrons. The van der Waals surface area contributed by atoms with E-state index in [-0.39, 0.29) is 0 Å². The molecule has 3 rings (SSSR count). The summed E-state index contributed by atoms with van der Waals surface area (Å²) in [5.41, 5.74) is 1.01. The standard InChI is InChI=1S/C16H15ClN2O/c1-2-5-11-6-3-4-7-13(11)20-15-10-14(17)18-16(19-15)12-8-9-12/h2-7,10,12H,8-9H2,1H3/b5-2+. The first-order valence-corrected chi connectivity index (χ1v) is 7.08. The van der Waals surface area contributed by atoms with Crippen molar-refractivity contribution >= 4 is 17.7 Å². The van der Waals surface area contributed by atoms with E-state index >= 15 is 0 Å². The number of halogens is 1. The van der Waals surface area contributed by atoms with E-state index in [1.165, 1.54) is 0 Å². The van der Waals surface area contributed by atoms with Crippen LogP contribution in [0.3, 0.4) is 0 Å². The summed E-state index contributed by atoms with van der Waals surface area (Å²) in [7, 11) is 0. The van der Waals surface area contributed by atoms with Crippen LogP contribution in [0, 0.1) is 0 Å². The molecule has 0 amide bonds. The molecule has 102 valence electrons. The predicted octanol–water partition coefficient (Wildman–Crippen LogP) is 4.83. The van der Waals surface area contributed by atoms with Gasteiger partial charge in [-0.3, -0.25) is 0 Å². The molecule has 4 heteroatoms. The van der Waals surface area contributed by atoms with Gasteiger partial charge in [-0.1, -0.05) is 42.0 Å². The molecule has 1 aromatic carbocycles. The Morgan fingerprint density at radius 1 is 1.25 bits per heavy atom. The van der Waals surface area contributed by atoms with Crippen molar-refractivity contribution in [1.29, 1.82) is 0 Å². The van der Waals surface area contributed by atoms with Crippen molar-refractivity contribution in [2.75, 3.05) is 0 Å². The number of ether oxygens (including phenoxy) is 1. The lowest BCUT2D eigenvalue weighted by Crippen LogP contribution is -1.97. The van der Waals surface area contributed by atoms with Gasteiger partial charge >= 0.3 is 0 Å². The van der Waals surface area contributed by atoms with Gasteiger partial charge in [0, 0.05) is 17.5 Å². The Hall–Kier alpha value is -1.87. The van der Waals surface area contributed by atoms with E-state index in [2.05, 4.69) is 9.97 Å². The van der Waals surface area contributed by atoms with Gasteiger partial charge in [0.05, 0.1) is 0 Å². The van der Waals surface area contributed by atoms with Gasteiger partial charge in [0.15, 0.2) is 0 Å². The highest BCUT2D eigenvalue weighted by Crippen LogP contribution is 2.39. The van der Waals surface area contributed by atoms with Crippen molar-refractivity contribution < 1.29 is 4.74 Å². The second kappa shape index (κ2) is 5.63. The highest BCUT2D eigenvalue weighted by molar-refractivity contribution is 6.29. The van der Waals surface area contributed by atoms with Crippen molar-refractivity contribution in [3.8, 4) is 11.6 Å². The van der Waals surface area contributed by atoms with Crippen molar-refractivity contribution in [3.05, 3.63) is 52.9 Å². The molecule has 1 fully saturated rings. The van der Waals surface area contributed by atoms with Gasteiger partial charge in [-0.2, -0.15) is 4.98 Å². The van der Waals surface area contributed by atoms with Crippen LogP contribution < -0.4 is 4.74 Å². The highest BCUT2D eigenvalue weighted by Gasteiger charge is 2.27. The molecule has 1 aliphatic rings. The summed E-state index contributed by atoms with van der Waals surface area (Å²) in [4.78, 5) is 8.71. The van der Waals surface area contributed by atoms with E-state index < -0.39 is 0 Å². The lowest BCUT2D eigenvalue weighted by molar-refractivity contribution is 0.457. The van der Waals surface area contributed by atoms with Crippen LogP contribution in [0.5, 0.6) is 11.6 Å². The van der Waals surface area contributed by atoms with Crippen LogP contribution in [-0.4, -0.2) is 9.97 Å². The number of para-hydroxylation sites is 1. The molecule has 0 unspecified atom stereocenters. The average Bonchev–Trinajstić information content (AvgIpc) is 3.25. The van der Waals surface area contributed by atoms with Crippen LogP contribution in [0.25, 0.3) is 6.08 Å². The molecule has 1 aliphatic carbocycles. The molecule has 0 spiro atoms. The van der Waals surface area contributed by atoms with Crippen LogP contribution in [0.4, 0.5) is 0 Å². The van der Waals surface area contributed by atoms with Crippen LogP contribution in [-0.2, 0) is 0 Å². The number of aromatic nitrogens is 2. The Balaban J connectivity index is 1.91. The summed E-state index contributed by atoms with van der Waals surface area (Å²) >= 11 is 6.04. The quantitative estimate of drug-likeness (QED) is 0.755. The predicted molar refractivity (Wildman–Crippen MR) is 80.2 cm³/mol. The number of allylic oxidation sites excluding steroid dienone is 1. The molecule has 2 aromatic rings. The Bertz CT molecular complexity index is 651. The minimum Gasteiger partial charge on any atom is -0.438 e. The van der Waals surface area contributed by atoms with Gasteiger partial charge < -0.3 is 4.74 Å². The summed E-state index contributed by atoms with van der Waals surface area (Å²) in [5.74, 6) is 2.50. The number of benzene rings is 1. The third-order valence-corrected chi connectivity index (χ3v) is 3.30. The van der Waals surface area contributed by atoms with E-state index in [9.17, 15) is 0 Å². The topological polar surface area (TPSA) is 35.0 Å². The van der Waals surface area contributed by atoms with Crippen LogP contribution in [0.15, 0.2) is 36.4 Å². The van der Waals surface area contributed by atoms with Gasteiger partial charge in [-0.15, -0.1) is 0 Å². The van der Waals surface area contributed by atoms with Crippen LogP contribution >= 0.6 is 11.6 Å². The molecule has 0 saturated heterocycles. The van der Waals surface area contributed by atoms with Crippen molar-refractivity contribution in [2.24, 2.45) is 0 Å². The van der Waals surface area contributed by atoms with E-state index in [0.717, 1.165) is 30.0 Å². The average molecular weight is 287 g/mol. The molecule has 0 N–H and O–H groups in total. The minimum atomic E-state index is 0.431. The molecule has 20 heavy (non-hydrogen) atoms. The van der Waals surface area contributed by atoms with Gasteiger partial charge in [-0.25, -0.2) is 4.98 Å². The SMILES string of the molecule is C/C=C/c1ccccc1Oc1cc(Cl)nc(C2CC2)n1. The van der Waals surface area contributed by atoms with Gasteiger partial charge in [0.2, 0.25) is 5.88 Å². The highest BCUT2D eigenvalue weighted by atomic mass is 35.5. The summed E-state index contributed by atoms with van der Waals surface area (Å²) < 4.78 is 5.87. The molecule has 1 aromatic heterocycles. The second-order valence-electron chi connectivity index (χ2n) is 4.80. The molecule has 0 bridgehead atoms. The van der Waals surface area contributed by atoms with Gasteiger partial charge in [-0.05, 0) is 25.8 Å². The van der Waals surface area contributed by atoms with E-state index in [1.54, 1.807) is 6.07 Å². The maximum atomic E-state index is 6.04. The zero-order valence-corrected chi connectivity index (χ0v) is 12.0. The van der Waals surface area contributed by atoms with Crippen molar-refractivity contribution in [2.45, 2.75) is 25.7 Å². The lowest BCUT2D eigenvalue weighted by Gasteiger charge is -2.09. The van der Waals surface area contributed by atoms with E-state index in [0.29, 0.717) is 17.0 Å². The van der Waals surface area contributed by atoms with Gasteiger partial charge in [0.1, 0.15) is 16.7 Å². The number of hydrogen-bond acceptors (Lipinski definition) is 3. The normalized spacial score (nSPS) is 14.7. The molecule has 0 aliphatic heterocycles. The van der Waals surface area contributed by atoms with E-state index in [1.807, 2.05) is 43.3 Å². The molecular weight excluding hydrogens is 272 g/mol. The molecular formula is C16H15ClN2O. The minimum absolute atomic E-state index is 0.431.